The first-order valence-corrected chi connectivity index (χ1v) is 14.7. The molecule has 0 fully saturated rings. The summed E-state index contributed by atoms with van der Waals surface area (Å²) in [4.78, 5) is 22.4. The molecule has 0 spiro atoms. The number of carboxylic acid groups (broad SMARTS) is 1. The van der Waals surface area contributed by atoms with Gasteiger partial charge in [-0.25, -0.2) is 4.79 Å². The third-order valence-corrected chi connectivity index (χ3v) is 11.1. The lowest BCUT2D eigenvalue weighted by molar-refractivity contribution is -0.143. The molecule has 0 saturated heterocycles. The van der Waals surface area contributed by atoms with Crippen molar-refractivity contribution in [1.29, 1.82) is 0 Å². The summed E-state index contributed by atoms with van der Waals surface area (Å²) in [5, 5.41) is 8.69. The SMILES string of the molecule is C=C(CC(=O)O)C(=O)OCCC(C(C)(C)C)[Si](C)(C)O[Si](C)(C)C. The number of carbonyl (C=O) groups is 2. The van der Waals surface area contributed by atoms with Crippen molar-refractivity contribution in [2.24, 2.45) is 5.41 Å². The van der Waals surface area contributed by atoms with E-state index in [-0.39, 0.29) is 24.0 Å². The maximum Gasteiger partial charge on any atom is 0.333 e. The molecule has 7 heteroatoms. The molecule has 0 rings (SSSR count). The highest BCUT2D eigenvalue weighted by Gasteiger charge is 2.43. The van der Waals surface area contributed by atoms with Gasteiger partial charge in [0.25, 0.3) is 0 Å². The van der Waals surface area contributed by atoms with Crippen molar-refractivity contribution in [3.8, 4) is 0 Å². The average Bonchev–Trinajstić information content (AvgIpc) is 2.28. The fourth-order valence-corrected chi connectivity index (χ4v) is 13.1. The van der Waals surface area contributed by atoms with Gasteiger partial charge in [0.1, 0.15) is 0 Å². The van der Waals surface area contributed by atoms with Crippen LogP contribution in [0, 0.1) is 5.41 Å². The van der Waals surface area contributed by atoms with Gasteiger partial charge in [0.15, 0.2) is 16.6 Å². The Balaban J connectivity index is 4.87. The Morgan fingerprint density at radius 3 is 2.00 bits per heavy atom. The fraction of sp³-hybridized carbons (Fsp3) is 0.765. The molecule has 5 nitrogen and oxygen atoms in total. The summed E-state index contributed by atoms with van der Waals surface area (Å²) in [5.41, 5.74) is 0.335. The summed E-state index contributed by atoms with van der Waals surface area (Å²) in [6, 6.07) is 0. The van der Waals surface area contributed by atoms with Crippen LogP contribution >= 0.6 is 0 Å². The van der Waals surface area contributed by atoms with Gasteiger partial charge in [-0.2, -0.15) is 0 Å². The Morgan fingerprint density at radius 2 is 1.62 bits per heavy atom. The van der Waals surface area contributed by atoms with Gasteiger partial charge in [-0.1, -0.05) is 27.4 Å². The average molecular weight is 375 g/mol. The van der Waals surface area contributed by atoms with E-state index in [9.17, 15) is 9.59 Å². The van der Waals surface area contributed by atoms with Gasteiger partial charge >= 0.3 is 11.9 Å². The summed E-state index contributed by atoms with van der Waals surface area (Å²) >= 11 is 0. The van der Waals surface area contributed by atoms with Crippen LogP contribution in [0.25, 0.3) is 0 Å². The lowest BCUT2D eigenvalue weighted by atomic mass is 9.90. The molecule has 1 unspecified atom stereocenters. The molecule has 0 aromatic heterocycles. The van der Waals surface area contributed by atoms with Crippen LogP contribution in [0.1, 0.15) is 33.6 Å². The maximum atomic E-state index is 11.8. The molecule has 0 aromatic carbocycles. The zero-order chi connectivity index (χ0) is 19.3. The van der Waals surface area contributed by atoms with Gasteiger partial charge < -0.3 is 14.0 Å². The summed E-state index contributed by atoms with van der Waals surface area (Å²) in [5.74, 6) is -1.71. The minimum atomic E-state index is -1.98. The van der Waals surface area contributed by atoms with Crippen molar-refractivity contribution >= 4 is 28.6 Å². The number of esters is 1. The molecule has 0 aliphatic rings. The molecular weight excluding hydrogens is 340 g/mol. The smallest absolute Gasteiger partial charge is 0.333 e. The van der Waals surface area contributed by atoms with Crippen molar-refractivity contribution in [2.45, 2.75) is 71.9 Å². The van der Waals surface area contributed by atoms with E-state index in [2.05, 4.69) is 60.1 Å². The Hall–Kier alpha value is -0.926. The number of aliphatic carboxylic acids is 1. The van der Waals surface area contributed by atoms with Crippen LogP contribution < -0.4 is 0 Å². The molecular formula is C17H34O5Si2. The van der Waals surface area contributed by atoms with Crippen LogP contribution in [0.3, 0.4) is 0 Å². The first-order chi connectivity index (χ1) is 10.6. The zero-order valence-electron chi connectivity index (χ0n) is 16.5. The highest BCUT2D eigenvalue weighted by atomic mass is 28.4. The van der Waals surface area contributed by atoms with Crippen molar-refractivity contribution < 1.29 is 23.5 Å². The first kappa shape index (κ1) is 23.1. The van der Waals surface area contributed by atoms with E-state index in [1.54, 1.807) is 0 Å². The molecule has 0 radical (unpaired) electrons. The second-order valence-corrected chi connectivity index (χ2v) is 17.8. The minimum absolute atomic E-state index is 0.0235. The monoisotopic (exact) mass is 374 g/mol. The third kappa shape index (κ3) is 8.79. The molecule has 0 amide bonds. The van der Waals surface area contributed by atoms with Gasteiger partial charge in [0.05, 0.1) is 13.0 Å². The lowest BCUT2D eigenvalue weighted by Gasteiger charge is -2.44. The van der Waals surface area contributed by atoms with Crippen molar-refractivity contribution in [1.82, 2.24) is 0 Å². The second kappa shape index (κ2) is 8.44. The van der Waals surface area contributed by atoms with E-state index in [0.717, 1.165) is 0 Å². The van der Waals surface area contributed by atoms with Crippen LogP contribution in [0.15, 0.2) is 12.2 Å². The van der Waals surface area contributed by atoms with Gasteiger partial charge in [-0.05, 0) is 50.1 Å². The standard InChI is InChI=1S/C17H34O5Si2/c1-13(12-15(18)19)16(20)21-11-10-14(17(2,3)4)24(8,9)22-23(5,6)7/h14H,1,10-12H2,2-9H3,(H,18,19). The van der Waals surface area contributed by atoms with E-state index < -0.39 is 28.6 Å². The van der Waals surface area contributed by atoms with Crippen molar-refractivity contribution in [3.63, 3.8) is 0 Å². The highest BCUT2D eigenvalue weighted by Crippen LogP contribution is 2.43. The highest BCUT2D eigenvalue weighted by molar-refractivity contribution is 6.85. The molecule has 0 saturated carbocycles. The van der Waals surface area contributed by atoms with E-state index in [4.69, 9.17) is 14.0 Å². The molecule has 0 bridgehead atoms. The Kier molecular flexibility index (Phi) is 8.12. The summed E-state index contributed by atoms with van der Waals surface area (Å²) in [7, 11) is -3.63. The molecule has 140 valence electrons. The molecule has 0 aromatic rings. The minimum Gasteiger partial charge on any atom is -0.481 e. The largest absolute Gasteiger partial charge is 0.481 e. The quantitative estimate of drug-likeness (QED) is 0.367. The number of hydrogen-bond donors (Lipinski definition) is 1. The number of carboxylic acids is 1. The van der Waals surface area contributed by atoms with Gasteiger partial charge in [-0.15, -0.1) is 0 Å². The molecule has 0 aliphatic carbocycles. The van der Waals surface area contributed by atoms with Crippen LogP contribution in [-0.4, -0.2) is 40.3 Å². The molecule has 1 atom stereocenters. The first-order valence-electron chi connectivity index (χ1n) is 8.33. The summed E-state index contributed by atoms with van der Waals surface area (Å²) in [6.45, 7) is 21.3. The fourth-order valence-electron chi connectivity index (χ4n) is 3.31. The predicted octanol–water partition coefficient (Wildman–Crippen LogP) is 4.42. The van der Waals surface area contributed by atoms with Crippen molar-refractivity contribution in [2.75, 3.05) is 6.61 Å². The van der Waals surface area contributed by atoms with Crippen molar-refractivity contribution in [3.05, 3.63) is 12.2 Å². The van der Waals surface area contributed by atoms with Gasteiger partial charge in [-0.3, -0.25) is 4.79 Å². The number of hydrogen-bond acceptors (Lipinski definition) is 4. The number of rotatable bonds is 9. The Morgan fingerprint density at radius 1 is 1.12 bits per heavy atom. The van der Waals surface area contributed by atoms with E-state index in [1.807, 2.05) is 0 Å². The van der Waals surface area contributed by atoms with E-state index >= 15 is 0 Å². The number of ether oxygens (including phenoxy) is 1. The topological polar surface area (TPSA) is 72.8 Å². The van der Waals surface area contributed by atoms with Crippen LogP contribution in [0.4, 0.5) is 0 Å². The van der Waals surface area contributed by atoms with Crippen LogP contribution in [0.5, 0.6) is 0 Å². The third-order valence-electron chi connectivity index (χ3n) is 3.75. The zero-order valence-corrected chi connectivity index (χ0v) is 18.5. The van der Waals surface area contributed by atoms with E-state index in [0.29, 0.717) is 12.0 Å². The molecule has 0 aliphatic heterocycles. The van der Waals surface area contributed by atoms with Gasteiger partial charge in [0.2, 0.25) is 0 Å². The molecule has 0 heterocycles. The number of carbonyl (C=O) groups excluding carboxylic acids is 1. The Bertz CT molecular complexity index is 472. The lowest BCUT2D eigenvalue weighted by Crippen LogP contribution is -2.49. The molecule has 24 heavy (non-hydrogen) atoms. The normalized spacial score (nSPS) is 14.2. The Labute approximate surface area is 148 Å². The summed E-state index contributed by atoms with van der Waals surface area (Å²) in [6.07, 6.45) is 0.319. The molecule has 1 N–H and O–H groups in total. The second-order valence-electron chi connectivity index (χ2n) is 8.84. The van der Waals surface area contributed by atoms with Crippen LogP contribution in [0.2, 0.25) is 38.3 Å². The maximum absolute atomic E-state index is 11.8. The predicted molar refractivity (Wildman–Crippen MR) is 102 cm³/mol. The van der Waals surface area contributed by atoms with Crippen LogP contribution in [-0.2, 0) is 18.4 Å². The van der Waals surface area contributed by atoms with E-state index in [1.165, 1.54) is 0 Å². The van der Waals surface area contributed by atoms with Gasteiger partial charge in [0, 0.05) is 5.57 Å². The summed E-state index contributed by atoms with van der Waals surface area (Å²) < 4.78 is 11.7.